The number of β-amino-alcohol motifs (C(OH)–C–C–N with tert-alkyl or cyclic N) is 1. The number of hydrogen-bond acceptors (Lipinski definition) is 3. The van der Waals surface area contributed by atoms with E-state index in [0.717, 1.165) is 5.56 Å². The molecule has 0 aliphatic carbocycles. The van der Waals surface area contributed by atoms with Gasteiger partial charge in [0.25, 0.3) is 0 Å². The van der Waals surface area contributed by atoms with E-state index >= 15 is 0 Å². The van der Waals surface area contributed by atoms with Gasteiger partial charge >= 0.3 is 6.18 Å². The maximum atomic E-state index is 12.3. The average Bonchev–Trinajstić information content (AvgIpc) is 2.58. The number of aliphatic hydroxyl groups is 1. The third-order valence-corrected chi connectivity index (χ3v) is 3.63. The van der Waals surface area contributed by atoms with Crippen molar-refractivity contribution in [1.29, 1.82) is 0 Å². The van der Waals surface area contributed by atoms with Gasteiger partial charge in [-0.3, -0.25) is 9.80 Å². The van der Waals surface area contributed by atoms with Crippen LogP contribution in [0.4, 0.5) is 13.2 Å². The minimum Gasteiger partial charge on any atom is -0.390 e. The summed E-state index contributed by atoms with van der Waals surface area (Å²) in [6, 6.07) is 9.88. The Balaban J connectivity index is 1.85. The van der Waals surface area contributed by atoms with Crippen molar-refractivity contribution >= 4 is 0 Å². The first-order valence-corrected chi connectivity index (χ1v) is 7.16. The number of benzene rings is 1. The van der Waals surface area contributed by atoms with Crippen molar-refractivity contribution in [3.05, 3.63) is 35.9 Å². The largest absolute Gasteiger partial charge is 0.390 e. The van der Waals surface area contributed by atoms with Crippen molar-refractivity contribution in [2.24, 2.45) is 0 Å². The van der Waals surface area contributed by atoms with Crippen LogP contribution < -0.4 is 0 Å². The number of nitrogens with zero attached hydrogens (tertiary/aromatic N) is 2. The van der Waals surface area contributed by atoms with Crippen LogP contribution in [-0.2, 0) is 6.54 Å². The molecule has 1 saturated heterocycles. The van der Waals surface area contributed by atoms with Gasteiger partial charge in [0.15, 0.2) is 0 Å². The minimum atomic E-state index is -4.14. The Bertz CT molecular complexity index is 425. The van der Waals surface area contributed by atoms with Gasteiger partial charge in [-0.1, -0.05) is 30.3 Å². The zero-order valence-corrected chi connectivity index (χ0v) is 11.9. The van der Waals surface area contributed by atoms with E-state index in [1.54, 1.807) is 4.90 Å². The number of hydrogen-bond donors (Lipinski definition) is 1. The Labute approximate surface area is 123 Å². The first-order valence-electron chi connectivity index (χ1n) is 7.16. The highest BCUT2D eigenvalue weighted by Gasteiger charge is 2.29. The second-order valence-electron chi connectivity index (χ2n) is 5.54. The maximum absolute atomic E-state index is 12.3. The molecule has 21 heavy (non-hydrogen) atoms. The molecule has 0 radical (unpaired) electrons. The fourth-order valence-electron chi connectivity index (χ4n) is 2.59. The molecule has 0 spiro atoms. The van der Waals surface area contributed by atoms with E-state index in [1.807, 2.05) is 30.3 Å². The van der Waals surface area contributed by atoms with Gasteiger partial charge in [-0.25, -0.2) is 0 Å². The van der Waals surface area contributed by atoms with Gasteiger partial charge in [-0.05, 0) is 5.56 Å². The molecule has 0 saturated carbocycles. The van der Waals surface area contributed by atoms with Crippen LogP contribution in [0.3, 0.4) is 0 Å². The van der Waals surface area contributed by atoms with E-state index in [1.165, 1.54) is 0 Å². The molecule has 1 unspecified atom stereocenters. The summed E-state index contributed by atoms with van der Waals surface area (Å²) in [6.07, 6.45) is -5.57. The van der Waals surface area contributed by atoms with Crippen molar-refractivity contribution in [2.45, 2.75) is 25.2 Å². The second-order valence-corrected chi connectivity index (χ2v) is 5.54. The van der Waals surface area contributed by atoms with Crippen LogP contribution in [-0.4, -0.2) is 59.9 Å². The van der Waals surface area contributed by atoms with E-state index in [4.69, 9.17) is 0 Å². The molecule has 3 nitrogen and oxygen atoms in total. The van der Waals surface area contributed by atoms with Crippen molar-refractivity contribution in [3.63, 3.8) is 0 Å². The second kappa shape index (κ2) is 7.24. The van der Waals surface area contributed by atoms with Crippen LogP contribution >= 0.6 is 0 Å². The molecule has 1 fully saturated rings. The molecule has 2 rings (SSSR count). The molecule has 6 heteroatoms. The molecule has 0 amide bonds. The highest BCUT2D eigenvalue weighted by Crippen LogP contribution is 2.20. The smallest absolute Gasteiger partial charge is 0.390 e. The Morgan fingerprint density at radius 1 is 1.05 bits per heavy atom. The van der Waals surface area contributed by atoms with Crippen LogP contribution in [0.5, 0.6) is 0 Å². The summed E-state index contributed by atoms with van der Waals surface area (Å²) < 4.78 is 36.8. The maximum Gasteiger partial charge on any atom is 0.390 e. The van der Waals surface area contributed by atoms with Crippen LogP contribution in [0.25, 0.3) is 0 Å². The molecular formula is C15H21F3N2O. The van der Waals surface area contributed by atoms with Gasteiger partial charge in [0.2, 0.25) is 0 Å². The molecule has 1 aliphatic heterocycles. The summed E-state index contributed by atoms with van der Waals surface area (Å²) >= 11 is 0. The van der Waals surface area contributed by atoms with Crippen molar-refractivity contribution < 1.29 is 18.3 Å². The SMILES string of the molecule is OC1CN(CCC(F)(F)F)CCN(Cc2ccccc2)C1. The topological polar surface area (TPSA) is 26.7 Å². The lowest BCUT2D eigenvalue weighted by molar-refractivity contribution is -0.138. The summed E-state index contributed by atoms with van der Waals surface area (Å²) in [5.41, 5.74) is 1.15. The fourth-order valence-corrected chi connectivity index (χ4v) is 2.59. The fraction of sp³-hybridized carbons (Fsp3) is 0.600. The predicted molar refractivity (Wildman–Crippen MR) is 74.8 cm³/mol. The van der Waals surface area contributed by atoms with Crippen LogP contribution in [0.1, 0.15) is 12.0 Å². The summed E-state index contributed by atoms with van der Waals surface area (Å²) in [6.45, 7) is 2.70. The molecule has 1 N–H and O–H groups in total. The number of aliphatic hydroxyl groups excluding tert-OH is 1. The first kappa shape index (κ1) is 16.3. The van der Waals surface area contributed by atoms with Crippen molar-refractivity contribution in [1.82, 2.24) is 9.80 Å². The molecular weight excluding hydrogens is 281 g/mol. The standard InChI is InChI=1S/C15H21F3N2O/c16-15(17,18)6-7-19-8-9-20(12-14(21)11-19)10-13-4-2-1-3-5-13/h1-5,14,21H,6-12H2. The monoisotopic (exact) mass is 302 g/mol. The van der Waals surface area contributed by atoms with Gasteiger partial charge in [-0.2, -0.15) is 13.2 Å². The number of rotatable bonds is 4. The van der Waals surface area contributed by atoms with Crippen molar-refractivity contribution in [2.75, 3.05) is 32.7 Å². The molecule has 1 heterocycles. The first-order chi connectivity index (χ1) is 9.92. The molecule has 1 aromatic carbocycles. The van der Waals surface area contributed by atoms with E-state index in [9.17, 15) is 18.3 Å². The Kier molecular flexibility index (Phi) is 5.61. The molecule has 0 bridgehead atoms. The quantitative estimate of drug-likeness (QED) is 0.923. The zero-order chi connectivity index (χ0) is 15.3. The van der Waals surface area contributed by atoms with Crippen LogP contribution in [0.2, 0.25) is 0 Å². The van der Waals surface area contributed by atoms with Gasteiger partial charge < -0.3 is 5.11 Å². The lowest BCUT2D eigenvalue weighted by Crippen LogP contribution is -2.35. The molecule has 0 aromatic heterocycles. The summed E-state index contributed by atoms with van der Waals surface area (Å²) in [5.74, 6) is 0. The molecule has 1 aliphatic rings. The van der Waals surface area contributed by atoms with Gasteiger partial charge in [0, 0.05) is 39.3 Å². The predicted octanol–water partition coefficient (Wildman–Crippen LogP) is 2.12. The average molecular weight is 302 g/mol. The lowest BCUT2D eigenvalue weighted by atomic mass is 10.2. The number of halogens is 3. The Morgan fingerprint density at radius 2 is 1.67 bits per heavy atom. The van der Waals surface area contributed by atoms with E-state index < -0.39 is 18.7 Å². The minimum absolute atomic E-state index is 0.0419. The third kappa shape index (κ3) is 6.03. The van der Waals surface area contributed by atoms with Gasteiger partial charge in [0.05, 0.1) is 12.5 Å². The van der Waals surface area contributed by atoms with E-state index in [2.05, 4.69) is 4.90 Å². The Hall–Kier alpha value is -1.11. The third-order valence-electron chi connectivity index (χ3n) is 3.63. The highest BCUT2D eigenvalue weighted by atomic mass is 19.4. The molecule has 1 aromatic rings. The summed E-state index contributed by atoms with van der Waals surface area (Å²) in [4.78, 5) is 3.79. The highest BCUT2D eigenvalue weighted by molar-refractivity contribution is 5.14. The molecule has 118 valence electrons. The zero-order valence-electron chi connectivity index (χ0n) is 11.9. The molecule has 1 atom stereocenters. The van der Waals surface area contributed by atoms with Crippen LogP contribution in [0.15, 0.2) is 30.3 Å². The van der Waals surface area contributed by atoms with Gasteiger partial charge in [0.1, 0.15) is 0 Å². The summed E-state index contributed by atoms with van der Waals surface area (Å²) in [5, 5.41) is 9.97. The van der Waals surface area contributed by atoms with E-state index in [0.29, 0.717) is 32.7 Å². The normalized spacial score (nSPS) is 22.2. The number of alkyl halides is 3. The van der Waals surface area contributed by atoms with Gasteiger partial charge in [-0.15, -0.1) is 0 Å². The van der Waals surface area contributed by atoms with Crippen LogP contribution in [0, 0.1) is 0 Å². The lowest BCUT2D eigenvalue weighted by Gasteiger charge is -2.22. The van der Waals surface area contributed by atoms with Crippen molar-refractivity contribution in [3.8, 4) is 0 Å². The van der Waals surface area contributed by atoms with E-state index in [-0.39, 0.29) is 6.54 Å². The Morgan fingerprint density at radius 3 is 2.33 bits per heavy atom. The summed E-state index contributed by atoms with van der Waals surface area (Å²) in [7, 11) is 0.